The Morgan fingerprint density at radius 2 is 2.00 bits per heavy atom. The number of halogens is 1. The van der Waals surface area contributed by atoms with Gasteiger partial charge in [0.05, 0.1) is 11.3 Å². The summed E-state index contributed by atoms with van der Waals surface area (Å²) in [7, 11) is 0. The summed E-state index contributed by atoms with van der Waals surface area (Å²) in [6.07, 6.45) is 2.34. The molecule has 0 saturated carbocycles. The first-order chi connectivity index (χ1) is 13.0. The number of aromatic nitrogens is 2. The van der Waals surface area contributed by atoms with Crippen LogP contribution in [0.4, 0.5) is 15.9 Å². The van der Waals surface area contributed by atoms with Gasteiger partial charge in [-0.1, -0.05) is 18.2 Å². The van der Waals surface area contributed by atoms with E-state index in [-0.39, 0.29) is 11.6 Å². The van der Waals surface area contributed by atoms with E-state index in [9.17, 15) is 9.18 Å². The highest BCUT2D eigenvalue weighted by Gasteiger charge is 2.14. The second kappa shape index (κ2) is 8.09. The van der Waals surface area contributed by atoms with E-state index < -0.39 is 5.97 Å². The van der Waals surface area contributed by atoms with Gasteiger partial charge in [0.1, 0.15) is 5.82 Å². The Morgan fingerprint density at radius 1 is 1.26 bits per heavy atom. The van der Waals surface area contributed by atoms with Crippen LogP contribution in [0.1, 0.15) is 16.8 Å². The van der Waals surface area contributed by atoms with Crippen molar-refractivity contribution in [3.05, 3.63) is 71.0 Å². The summed E-state index contributed by atoms with van der Waals surface area (Å²) in [5, 5.41) is 11.8. The van der Waals surface area contributed by atoms with Gasteiger partial charge in [-0.2, -0.15) is 4.39 Å². The van der Waals surface area contributed by atoms with E-state index in [0.29, 0.717) is 28.5 Å². The molecule has 27 heavy (non-hydrogen) atoms. The van der Waals surface area contributed by atoms with Crippen LogP contribution in [-0.2, 0) is 17.6 Å². The molecular formula is C20H18FN3O2S. The zero-order valence-corrected chi connectivity index (χ0v) is 15.5. The monoisotopic (exact) mass is 383 g/mol. The van der Waals surface area contributed by atoms with Gasteiger partial charge in [-0.15, -0.1) is 17.9 Å². The minimum absolute atomic E-state index is 0.0251. The first-order valence-corrected chi connectivity index (χ1v) is 9.10. The number of carboxylic acids is 1. The number of nitrogens with one attached hydrogen (secondary N) is 1. The lowest BCUT2D eigenvalue weighted by molar-refractivity contribution is -0.136. The van der Waals surface area contributed by atoms with Crippen molar-refractivity contribution in [2.24, 2.45) is 0 Å². The van der Waals surface area contributed by atoms with E-state index in [0.717, 1.165) is 28.3 Å². The molecule has 0 saturated heterocycles. The van der Waals surface area contributed by atoms with Crippen molar-refractivity contribution < 1.29 is 14.3 Å². The van der Waals surface area contributed by atoms with Gasteiger partial charge in [-0.05, 0) is 43.2 Å². The number of thiophene rings is 1. The molecule has 138 valence electrons. The van der Waals surface area contributed by atoms with Gasteiger partial charge in [-0.3, -0.25) is 4.79 Å². The van der Waals surface area contributed by atoms with E-state index in [1.807, 2.05) is 6.92 Å². The molecule has 3 rings (SSSR count). The maximum absolute atomic E-state index is 13.4. The number of nitrogens with zero attached hydrogens (tertiary/aromatic N) is 2. The summed E-state index contributed by atoms with van der Waals surface area (Å²) in [6, 6.07) is 10.2. The summed E-state index contributed by atoms with van der Waals surface area (Å²) in [4.78, 5) is 20.5. The third kappa shape index (κ3) is 4.57. The minimum atomic E-state index is -0.872. The topological polar surface area (TPSA) is 75.1 Å². The molecule has 7 heteroatoms. The molecule has 1 aromatic carbocycles. The molecule has 2 aromatic heterocycles. The quantitative estimate of drug-likeness (QED) is 0.576. The molecule has 0 radical (unpaired) electrons. The molecule has 0 amide bonds. The Labute approximate surface area is 160 Å². The largest absolute Gasteiger partial charge is 0.481 e. The number of anilines is 2. The van der Waals surface area contributed by atoms with Gasteiger partial charge in [-0.25, -0.2) is 9.97 Å². The fraction of sp³-hybridized carbons (Fsp3) is 0.150. The zero-order valence-electron chi connectivity index (χ0n) is 14.7. The van der Waals surface area contributed by atoms with Gasteiger partial charge in [0, 0.05) is 16.9 Å². The van der Waals surface area contributed by atoms with Crippen LogP contribution in [-0.4, -0.2) is 21.0 Å². The van der Waals surface area contributed by atoms with Crippen molar-refractivity contribution in [3.63, 3.8) is 0 Å². The van der Waals surface area contributed by atoms with E-state index in [4.69, 9.17) is 5.11 Å². The van der Waals surface area contributed by atoms with Crippen molar-refractivity contribution in [2.75, 3.05) is 5.32 Å². The predicted octanol–water partition coefficient (Wildman–Crippen LogP) is 4.75. The lowest BCUT2D eigenvalue weighted by atomic mass is 10.1. The maximum atomic E-state index is 13.4. The van der Waals surface area contributed by atoms with Crippen molar-refractivity contribution in [1.29, 1.82) is 0 Å². The molecule has 2 N–H and O–H groups in total. The first kappa shape index (κ1) is 18.7. The number of aryl methyl sites for hydroxylation is 1. The molecule has 3 aromatic rings. The van der Waals surface area contributed by atoms with Crippen LogP contribution < -0.4 is 5.32 Å². The standard InChI is InChI=1S/C20H18FN3O2S/c1-3-4-15-12(2)22-20(16-9-10-17(21)27-16)24-19(15)23-14-7-5-13(6-8-14)11-18(25)26/h3,5-10H,1,4,11H2,2H3,(H,25,26)(H,22,23,24). The smallest absolute Gasteiger partial charge is 0.307 e. The predicted molar refractivity (Wildman–Crippen MR) is 105 cm³/mol. The second-order valence-electron chi connectivity index (χ2n) is 5.95. The van der Waals surface area contributed by atoms with E-state index >= 15 is 0 Å². The molecule has 5 nitrogen and oxygen atoms in total. The molecule has 0 fully saturated rings. The average Bonchev–Trinajstić information content (AvgIpc) is 3.05. The highest BCUT2D eigenvalue weighted by Crippen LogP contribution is 2.29. The summed E-state index contributed by atoms with van der Waals surface area (Å²) >= 11 is 0.996. The number of carbonyl (C=O) groups is 1. The summed E-state index contributed by atoms with van der Waals surface area (Å²) < 4.78 is 13.4. The fourth-order valence-corrected chi connectivity index (χ4v) is 3.31. The Morgan fingerprint density at radius 3 is 2.59 bits per heavy atom. The number of aliphatic carboxylic acids is 1. The first-order valence-electron chi connectivity index (χ1n) is 8.28. The van der Waals surface area contributed by atoms with E-state index in [1.54, 1.807) is 36.4 Å². The van der Waals surface area contributed by atoms with Crippen LogP contribution in [0.25, 0.3) is 10.7 Å². The van der Waals surface area contributed by atoms with Crippen molar-refractivity contribution in [2.45, 2.75) is 19.8 Å². The Bertz CT molecular complexity index is 983. The zero-order chi connectivity index (χ0) is 19.4. The third-order valence-corrected chi connectivity index (χ3v) is 4.80. The van der Waals surface area contributed by atoms with Crippen LogP contribution in [0.5, 0.6) is 0 Å². The molecular weight excluding hydrogens is 365 g/mol. The lowest BCUT2D eigenvalue weighted by Gasteiger charge is -2.14. The molecule has 2 heterocycles. The number of hydrogen-bond acceptors (Lipinski definition) is 5. The lowest BCUT2D eigenvalue weighted by Crippen LogP contribution is -2.05. The number of hydrogen-bond donors (Lipinski definition) is 2. The van der Waals surface area contributed by atoms with Crippen LogP contribution in [0.2, 0.25) is 0 Å². The Hall–Kier alpha value is -3.06. The van der Waals surface area contributed by atoms with Crippen molar-refractivity contribution >= 4 is 28.8 Å². The molecule has 0 unspecified atom stereocenters. The molecule has 0 aliphatic carbocycles. The van der Waals surface area contributed by atoms with Gasteiger partial charge in [0.25, 0.3) is 0 Å². The van der Waals surface area contributed by atoms with Gasteiger partial charge < -0.3 is 10.4 Å². The van der Waals surface area contributed by atoms with Crippen LogP contribution in [0.15, 0.2) is 49.1 Å². The highest BCUT2D eigenvalue weighted by atomic mass is 32.1. The SMILES string of the molecule is C=CCc1c(C)nc(-c2ccc(F)s2)nc1Nc1ccc(CC(=O)O)cc1. The second-order valence-corrected chi connectivity index (χ2v) is 6.98. The highest BCUT2D eigenvalue weighted by molar-refractivity contribution is 7.13. The Balaban J connectivity index is 1.95. The van der Waals surface area contributed by atoms with Crippen LogP contribution in [0.3, 0.4) is 0 Å². The van der Waals surface area contributed by atoms with E-state index in [2.05, 4.69) is 21.9 Å². The van der Waals surface area contributed by atoms with Gasteiger partial charge in [0.15, 0.2) is 11.0 Å². The minimum Gasteiger partial charge on any atom is -0.481 e. The maximum Gasteiger partial charge on any atom is 0.307 e. The van der Waals surface area contributed by atoms with Crippen molar-refractivity contribution in [3.8, 4) is 10.7 Å². The normalized spacial score (nSPS) is 10.6. The number of allylic oxidation sites excluding steroid dienone is 1. The molecule has 0 aliphatic heterocycles. The summed E-state index contributed by atoms with van der Waals surface area (Å²) in [5.41, 5.74) is 3.18. The van der Waals surface area contributed by atoms with E-state index in [1.165, 1.54) is 6.07 Å². The molecule has 0 spiro atoms. The summed E-state index contributed by atoms with van der Waals surface area (Å²) in [5.74, 6) is 0.208. The molecule has 0 aliphatic rings. The van der Waals surface area contributed by atoms with Gasteiger partial charge in [0.2, 0.25) is 0 Å². The number of benzene rings is 1. The Kier molecular flexibility index (Phi) is 5.61. The molecule has 0 bridgehead atoms. The van der Waals surface area contributed by atoms with Crippen LogP contribution in [0, 0.1) is 12.1 Å². The summed E-state index contributed by atoms with van der Waals surface area (Å²) in [6.45, 7) is 5.67. The average molecular weight is 383 g/mol. The van der Waals surface area contributed by atoms with Gasteiger partial charge >= 0.3 is 5.97 Å². The van der Waals surface area contributed by atoms with Crippen LogP contribution >= 0.6 is 11.3 Å². The number of rotatable bonds is 7. The van der Waals surface area contributed by atoms with Crippen molar-refractivity contribution in [1.82, 2.24) is 9.97 Å². The third-order valence-electron chi connectivity index (χ3n) is 3.93. The number of carboxylic acid groups (broad SMARTS) is 1. The fourth-order valence-electron chi connectivity index (χ4n) is 2.65. The molecule has 0 atom stereocenters.